The predicted octanol–water partition coefficient (Wildman–Crippen LogP) is 4.95. The molecule has 0 bridgehead atoms. The molecule has 94 valence electrons. The number of hydrogen-bond acceptors (Lipinski definition) is 2. The molecule has 18 heavy (non-hydrogen) atoms. The summed E-state index contributed by atoms with van der Waals surface area (Å²) in [6.07, 6.45) is -0.591. The fraction of sp³-hybridized carbons (Fsp3) is 0.143. The van der Waals surface area contributed by atoms with Gasteiger partial charge in [-0.3, -0.25) is 0 Å². The molecule has 0 radical (unpaired) electrons. The van der Waals surface area contributed by atoms with E-state index in [-0.39, 0.29) is 0 Å². The summed E-state index contributed by atoms with van der Waals surface area (Å²) < 4.78 is 6.65. The van der Waals surface area contributed by atoms with E-state index in [4.69, 9.17) is 16.3 Å². The van der Waals surface area contributed by atoms with Crippen LogP contribution in [0.2, 0.25) is 5.02 Å². The monoisotopic (exact) mass is 326 g/mol. The minimum Gasteiger partial charge on any atom is -0.455 e. The van der Waals surface area contributed by atoms with Crippen LogP contribution in [-0.4, -0.2) is 5.11 Å². The molecule has 0 unspecified atom stereocenters. The van der Waals surface area contributed by atoms with Gasteiger partial charge in [0.25, 0.3) is 0 Å². The normalized spacial score (nSPS) is 12.2. The zero-order chi connectivity index (χ0) is 13.1. The first-order valence-corrected chi connectivity index (χ1v) is 6.65. The highest BCUT2D eigenvalue weighted by Crippen LogP contribution is 2.35. The molecule has 0 heterocycles. The van der Waals surface area contributed by atoms with Crippen LogP contribution in [0.15, 0.2) is 46.9 Å². The van der Waals surface area contributed by atoms with E-state index < -0.39 is 6.10 Å². The fourth-order valence-corrected chi connectivity index (χ4v) is 2.09. The third-order valence-corrected chi connectivity index (χ3v) is 3.29. The standard InChI is InChI=1S/C14H12BrClO2/c1-9(17)11-4-2-3-5-13(11)18-14-8-10(15)6-7-12(14)16/h2-9,17H,1H3/t9-/m0/s1. The SMILES string of the molecule is C[C@H](O)c1ccccc1Oc1cc(Br)ccc1Cl. The molecule has 0 saturated carbocycles. The molecule has 0 amide bonds. The van der Waals surface area contributed by atoms with Crippen molar-refractivity contribution in [3.8, 4) is 11.5 Å². The Morgan fingerprint density at radius 3 is 2.61 bits per heavy atom. The average molecular weight is 328 g/mol. The van der Waals surface area contributed by atoms with E-state index in [1.54, 1.807) is 25.1 Å². The first-order chi connectivity index (χ1) is 8.58. The van der Waals surface area contributed by atoms with Crippen LogP contribution in [0.4, 0.5) is 0 Å². The quantitative estimate of drug-likeness (QED) is 0.864. The van der Waals surface area contributed by atoms with Crippen molar-refractivity contribution < 1.29 is 9.84 Å². The number of hydrogen-bond donors (Lipinski definition) is 1. The van der Waals surface area contributed by atoms with Crippen molar-refractivity contribution in [1.29, 1.82) is 0 Å². The van der Waals surface area contributed by atoms with Crippen molar-refractivity contribution in [1.82, 2.24) is 0 Å². The number of aliphatic hydroxyl groups is 1. The van der Waals surface area contributed by atoms with Crippen molar-refractivity contribution in [3.05, 3.63) is 57.5 Å². The predicted molar refractivity (Wildman–Crippen MR) is 76.3 cm³/mol. The van der Waals surface area contributed by atoms with E-state index >= 15 is 0 Å². The van der Waals surface area contributed by atoms with Gasteiger partial charge in [0.05, 0.1) is 11.1 Å². The van der Waals surface area contributed by atoms with Crippen molar-refractivity contribution in [2.75, 3.05) is 0 Å². The number of ether oxygens (including phenoxy) is 1. The molecule has 2 aromatic carbocycles. The van der Waals surface area contributed by atoms with Gasteiger partial charge in [-0.25, -0.2) is 0 Å². The minimum atomic E-state index is -0.591. The molecule has 0 aromatic heterocycles. The highest BCUT2D eigenvalue weighted by Gasteiger charge is 2.11. The largest absolute Gasteiger partial charge is 0.455 e. The highest BCUT2D eigenvalue weighted by atomic mass is 79.9. The third-order valence-electron chi connectivity index (χ3n) is 2.48. The fourth-order valence-electron chi connectivity index (χ4n) is 1.59. The lowest BCUT2D eigenvalue weighted by molar-refractivity contribution is 0.195. The number of aliphatic hydroxyl groups excluding tert-OH is 1. The Hall–Kier alpha value is -1.03. The van der Waals surface area contributed by atoms with Gasteiger partial charge >= 0.3 is 0 Å². The first kappa shape index (κ1) is 13.4. The second kappa shape index (κ2) is 5.74. The summed E-state index contributed by atoms with van der Waals surface area (Å²) in [5, 5.41) is 10.2. The first-order valence-electron chi connectivity index (χ1n) is 5.48. The van der Waals surface area contributed by atoms with Gasteiger partial charge in [-0.05, 0) is 31.2 Å². The van der Waals surface area contributed by atoms with Gasteiger partial charge in [-0.2, -0.15) is 0 Å². The Morgan fingerprint density at radius 2 is 1.89 bits per heavy atom. The third kappa shape index (κ3) is 3.05. The molecule has 0 aliphatic carbocycles. The topological polar surface area (TPSA) is 29.5 Å². The lowest BCUT2D eigenvalue weighted by Gasteiger charge is -2.13. The second-order valence-electron chi connectivity index (χ2n) is 3.89. The van der Waals surface area contributed by atoms with Crippen LogP contribution < -0.4 is 4.74 Å². The molecule has 0 fully saturated rings. The van der Waals surface area contributed by atoms with Crippen LogP contribution in [0, 0.1) is 0 Å². The molecule has 2 aromatic rings. The van der Waals surface area contributed by atoms with Gasteiger partial charge in [-0.15, -0.1) is 0 Å². The lowest BCUT2D eigenvalue weighted by atomic mass is 10.1. The van der Waals surface area contributed by atoms with Gasteiger partial charge < -0.3 is 9.84 Å². The summed E-state index contributed by atoms with van der Waals surface area (Å²) in [4.78, 5) is 0. The molecule has 4 heteroatoms. The van der Waals surface area contributed by atoms with E-state index in [0.717, 1.165) is 10.0 Å². The maximum Gasteiger partial charge on any atom is 0.147 e. The van der Waals surface area contributed by atoms with Crippen molar-refractivity contribution in [3.63, 3.8) is 0 Å². The van der Waals surface area contributed by atoms with Crippen LogP contribution >= 0.6 is 27.5 Å². The summed E-state index contributed by atoms with van der Waals surface area (Å²) in [7, 11) is 0. The molecule has 2 rings (SSSR count). The summed E-state index contributed by atoms with van der Waals surface area (Å²) in [6.45, 7) is 1.70. The van der Waals surface area contributed by atoms with Gasteiger partial charge in [0.1, 0.15) is 11.5 Å². The minimum absolute atomic E-state index is 0.526. The van der Waals surface area contributed by atoms with Crippen LogP contribution in [0.1, 0.15) is 18.6 Å². The van der Waals surface area contributed by atoms with E-state index in [2.05, 4.69) is 15.9 Å². The Kier molecular flexibility index (Phi) is 4.27. The van der Waals surface area contributed by atoms with Crippen molar-refractivity contribution in [2.24, 2.45) is 0 Å². The molecular weight excluding hydrogens is 316 g/mol. The number of halogens is 2. The van der Waals surface area contributed by atoms with Gasteiger partial charge in [-0.1, -0.05) is 45.7 Å². The number of benzene rings is 2. The highest BCUT2D eigenvalue weighted by molar-refractivity contribution is 9.10. The van der Waals surface area contributed by atoms with Crippen molar-refractivity contribution >= 4 is 27.5 Å². The molecule has 0 aliphatic rings. The Balaban J connectivity index is 2.37. The molecule has 0 aliphatic heterocycles. The number of para-hydroxylation sites is 1. The molecule has 2 nitrogen and oxygen atoms in total. The maximum atomic E-state index is 9.68. The van der Waals surface area contributed by atoms with Crippen LogP contribution in [0.5, 0.6) is 11.5 Å². The summed E-state index contributed by atoms with van der Waals surface area (Å²) in [5.74, 6) is 1.16. The smallest absolute Gasteiger partial charge is 0.147 e. The Morgan fingerprint density at radius 1 is 1.17 bits per heavy atom. The summed E-state index contributed by atoms with van der Waals surface area (Å²) >= 11 is 9.44. The van der Waals surface area contributed by atoms with Crippen molar-refractivity contribution in [2.45, 2.75) is 13.0 Å². The summed E-state index contributed by atoms with van der Waals surface area (Å²) in [5.41, 5.74) is 0.730. The van der Waals surface area contributed by atoms with Gasteiger partial charge in [0.2, 0.25) is 0 Å². The van der Waals surface area contributed by atoms with Crippen LogP contribution in [-0.2, 0) is 0 Å². The van der Waals surface area contributed by atoms with Gasteiger partial charge in [0.15, 0.2) is 0 Å². The molecule has 1 atom stereocenters. The Labute approximate surface area is 119 Å². The zero-order valence-electron chi connectivity index (χ0n) is 9.73. The Bertz CT molecular complexity index is 555. The van der Waals surface area contributed by atoms with E-state index in [1.807, 2.05) is 24.3 Å². The summed E-state index contributed by atoms with van der Waals surface area (Å²) in [6, 6.07) is 12.7. The molecule has 0 spiro atoms. The molecular formula is C14H12BrClO2. The average Bonchev–Trinajstić information content (AvgIpc) is 2.34. The van der Waals surface area contributed by atoms with E-state index in [9.17, 15) is 5.11 Å². The van der Waals surface area contributed by atoms with E-state index in [0.29, 0.717) is 16.5 Å². The van der Waals surface area contributed by atoms with E-state index in [1.165, 1.54) is 0 Å². The number of rotatable bonds is 3. The maximum absolute atomic E-state index is 9.68. The molecule has 1 N–H and O–H groups in total. The molecule has 0 saturated heterocycles. The lowest BCUT2D eigenvalue weighted by Crippen LogP contribution is -1.96. The zero-order valence-corrected chi connectivity index (χ0v) is 12.1. The van der Waals surface area contributed by atoms with Crippen LogP contribution in [0.3, 0.4) is 0 Å². The second-order valence-corrected chi connectivity index (χ2v) is 5.21. The van der Waals surface area contributed by atoms with Gasteiger partial charge in [0, 0.05) is 10.0 Å². The van der Waals surface area contributed by atoms with Crippen LogP contribution in [0.25, 0.3) is 0 Å².